The third-order valence-electron chi connectivity index (χ3n) is 4.71. The molecule has 2 N–H and O–H groups in total. The number of imidazole rings is 1. The van der Waals surface area contributed by atoms with Crippen LogP contribution in [0.3, 0.4) is 0 Å². The second-order valence-electron chi connectivity index (χ2n) is 6.60. The molecule has 0 aromatic carbocycles. The Morgan fingerprint density at radius 1 is 1.23 bits per heavy atom. The van der Waals surface area contributed by atoms with E-state index in [1.54, 1.807) is 31.1 Å². The molecule has 5 aromatic rings. The van der Waals surface area contributed by atoms with Crippen molar-refractivity contribution in [2.24, 2.45) is 9.98 Å². The molecule has 0 saturated carbocycles. The van der Waals surface area contributed by atoms with Crippen molar-refractivity contribution in [2.75, 3.05) is 0 Å². The highest BCUT2D eigenvalue weighted by Gasteiger charge is 2.17. The summed E-state index contributed by atoms with van der Waals surface area (Å²) < 4.78 is 5.20. The summed E-state index contributed by atoms with van der Waals surface area (Å²) in [5.41, 5.74) is 6.43. The summed E-state index contributed by atoms with van der Waals surface area (Å²) in [6, 6.07) is 5.74. The van der Waals surface area contributed by atoms with E-state index >= 15 is 0 Å². The second-order valence-corrected chi connectivity index (χ2v) is 6.60. The number of allylic oxidation sites excluding steroid dienone is 1. The number of H-pyrrole nitrogens is 2. The minimum absolute atomic E-state index is 0.628. The van der Waals surface area contributed by atoms with Crippen LogP contribution in [0.4, 0.5) is 0 Å². The van der Waals surface area contributed by atoms with E-state index in [1.807, 2.05) is 25.1 Å². The number of aliphatic imine (C=N–C) groups is 2. The zero-order chi connectivity index (χ0) is 20.5. The van der Waals surface area contributed by atoms with Crippen LogP contribution in [0, 0.1) is 0 Å². The number of nitrogens with one attached hydrogen (secondary N) is 2. The molecule has 9 heteroatoms. The summed E-state index contributed by atoms with van der Waals surface area (Å²) in [5.74, 6) is 0.628. The Bertz CT molecular complexity index is 1420. The predicted octanol–water partition coefficient (Wildman–Crippen LogP) is 4.25. The van der Waals surface area contributed by atoms with Gasteiger partial charge in [-0.25, -0.2) is 15.0 Å². The van der Waals surface area contributed by atoms with Gasteiger partial charge in [-0.05, 0) is 43.0 Å². The summed E-state index contributed by atoms with van der Waals surface area (Å²) in [6.07, 6.45) is 9.87. The zero-order valence-corrected chi connectivity index (χ0v) is 16.0. The highest BCUT2D eigenvalue weighted by molar-refractivity contribution is 5.95. The van der Waals surface area contributed by atoms with Crippen molar-refractivity contribution in [2.45, 2.75) is 6.92 Å². The first-order valence-electron chi connectivity index (χ1n) is 9.11. The topological polar surface area (TPSA) is 121 Å². The third kappa shape index (κ3) is 2.98. The smallest absolute Gasteiger partial charge is 0.159 e. The van der Waals surface area contributed by atoms with Crippen molar-refractivity contribution < 1.29 is 4.42 Å². The Kier molecular flexibility index (Phi) is 4.25. The van der Waals surface area contributed by atoms with Crippen LogP contribution in [0.25, 0.3) is 50.4 Å². The van der Waals surface area contributed by atoms with Crippen LogP contribution < -0.4 is 0 Å². The van der Waals surface area contributed by atoms with Crippen LogP contribution in [0.15, 0.2) is 63.7 Å². The van der Waals surface area contributed by atoms with Crippen molar-refractivity contribution in [3.63, 3.8) is 0 Å². The Morgan fingerprint density at radius 2 is 2.17 bits per heavy atom. The summed E-state index contributed by atoms with van der Waals surface area (Å²) in [6.45, 7) is 5.33. The quantitative estimate of drug-likeness (QED) is 0.340. The number of pyridine rings is 2. The van der Waals surface area contributed by atoms with Gasteiger partial charge in [0, 0.05) is 24.2 Å². The van der Waals surface area contributed by atoms with Crippen LogP contribution in [-0.4, -0.2) is 43.2 Å². The highest BCUT2D eigenvalue weighted by Crippen LogP contribution is 2.30. The number of fused-ring (bicyclic) bond motifs is 2. The second kappa shape index (κ2) is 7.21. The van der Waals surface area contributed by atoms with E-state index in [4.69, 9.17) is 9.40 Å². The maximum Gasteiger partial charge on any atom is 0.159 e. The molecule has 0 spiro atoms. The number of hydrogen-bond donors (Lipinski definition) is 2. The van der Waals surface area contributed by atoms with Gasteiger partial charge >= 0.3 is 0 Å². The number of furan rings is 1. The fraction of sp³-hybridized carbons (Fsp3) is 0.0476. The molecule has 9 nitrogen and oxygen atoms in total. The molecule has 0 aliphatic rings. The maximum absolute atomic E-state index is 5.20. The molecule has 5 heterocycles. The van der Waals surface area contributed by atoms with Gasteiger partial charge in [0.2, 0.25) is 0 Å². The largest absolute Gasteiger partial charge is 0.472 e. The average Bonchev–Trinajstić information content (AvgIpc) is 3.51. The minimum Gasteiger partial charge on any atom is -0.472 e. The first-order chi connectivity index (χ1) is 14.7. The Labute approximate surface area is 170 Å². The summed E-state index contributed by atoms with van der Waals surface area (Å²) in [4.78, 5) is 24.7. The van der Waals surface area contributed by atoms with E-state index in [9.17, 15) is 0 Å². The molecule has 0 unspecified atom stereocenters. The van der Waals surface area contributed by atoms with Crippen molar-refractivity contribution in [3.8, 4) is 22.8 Å². The maximum atomic E-state index is 5.20. The summed E-state index contributed by atoms with van der Waals surface area (Å²) >= 11 is 0. The van der Waals surface area contributed by atoms with Gasteiger partial charge in [-0.3, -0.25) is 15.1 Å². The molecule has 5 aromatic heterocycles. The molecule has 0 amide bonds. The molecular weight excluding hydrogens is 380 g/mol. The van der Waals surface area contributed by atoms with E-state index < -0.39 is 0 Å². The van der Waals surface area contributed by atoms with Crippen LogP contribution in [0.2, 0.25) is 0 Å². The van der Waals surface area contributed by atoms with Gasteiger partial charge in [0.05, 0.1) is 23.4 Å². The molecule has 0 bridgehead atoms. The summed E-state index contributed by atoms with van der Waals surface area (Å²) in [7, 11) is 0. The van der Waals surface area contributed by atoms with E-state index in [2.05, 4.69) is 41.9 Å². The molecule has 146 valence electrons. The van der Waals surface area contributed by atoms with Gasteiger partial charge in [0.25, 0.3) is 0 Å². The van der Waals surface area contributed by atoms with Gasteiger partial charge in [0.15, 0.2) is 11.5 Å². The van der Waals surface area contributed by atoms with Crippen molar-refractivity contribution in [1.29, 1.82) is 0 Å². The van der Waals surface area contributed by atoms with Crippen LogP contribution >= 0.6 is 0 Å². The number of aromatic amines is 2. The molecule has 0 radical (unpaired) electrons. The van der Waals surface area contributed by atoms with Gasteiger partial charge in [-0.1, -0.05) is 0 Å². The SMILES string of the molecule is C=N/C=N\C=C(/C)c1cnc2[nH]nc(-c3nc4c(-c5ccoc5)nccc4[nH]3)c2c1. The first kappa shape index (κ1) is 17.7. The number of rotatable bonds is 5. The molecule has 0 aliphatic carbocycles. The van der Waals surface area contributed by atoms with Crippen molar-refractivity contribution in [3.05, 3.63) is 54.9 Å². The van der Waals surface area contributed by atoms with Crippen molar-refractivity contribution in [1.82, 2.24) is 30.1 Å². The standard InChI is InChI=1S/C21H16N8O/c1-12(8-23-11-22-2)14-7-15-18(28-29-20(15)25-9-14)21-26-16-3-5-24-17(19(16)27-21)13-4-6-30-10-13/h3-11H,2H2,1H3,(H,26,27)(H,25,28,29)/b12-8+,23-11-. The third-order valence-corrected chi connectivity index (χ3v) is 4.71. The lowest BCUT2D eigenvalue weighted by molar-refractivity contribution is 0.568. The lowest BCUT2D eigenvalue weighted by Crippen LogP contribution is -1.85. The fourth-order valence-corrected chi connectivity index (χ4v) is 3.22. The van der Waals surface area contributed by atoms with E-state index in [1.165, 1.54) is 6.34 Å². The lowest BCUT2D eigenvalue weighted by atomic mass is 10.1. The van der Waals surface area contributed by atoms with E-state index in [-0.39, 0.29) is 0 Å². The molecule has 0 saturated heterocycles. The molecule has 5 rings (SSSR count). The zero-order valence-electron chi connectivity index (χ0n) is 16.0. The lowest BCUT2D eigenvalue weighted by Gasteiger charge is -2.00. The van der Waals surface area contributed by atoms with Crippen LogP contribution in [0.5, 0.6) is 0 Å². The van der Waals surface area contributed by atoms with Crippen molar-refractivity contribution >= 4 is 40.7 Å². The normalized spacial score (nSPS) is 12.4. The van der Waals surface area contributed by atoms with Gasteiger partial charge in [-0.15, -0.1) is 0 Å². The van der Waals surface area contributed by atoms with Gasteiger partial charge < -0.3 is 9.40 Å². The molecule has 0 aliphatic heterocycles. The van der Waals surface area contributed by atoms with Crippen LogP contribution in [-0.2, 0) is 0 Å². The van der Waals surface area contributed by atoms with Gasteiger partial charge in [0.1, 0.15) is 23.2 Å². The van der Waals surface area contributed by atoms with Crippen LogP contribution in [0.1, 0.15) is 12.5 Å². The Balaban J connectivity index is 1.63. The van der Waals surface area contributed by atoms with E-state index in [0.717, 1.165) is 38.8 Å². The number of aromatic nitrogens is 6. The van der Waals surface area contributed by atoms with Gasteiger partial charge in [-0.2, -0.15) is 5.10 Å². The molecule has 30 heavy (non-hydrogen) atoms. The fourth-order valence-electron chi connectivity index (χ4n) is 3.22. The number of hydrogen-bond acceptors (Lipinski definition) is 6. The molecular formula is C21H16N8O. The number of nitrogens with zero attached hydrogens (tertiary/aromatic N) is 6. The first-order valence-corrected chi connectivity index (χ1v) is 9.11. The molecule has 0 fully saturated rings. The monoisotopic (exact) mass is 396 g/mol. The minimum atomic E-state index is 0.628. The highest BCUT2D eigenvalue weighted by atomic mass is 16.3. The Hall–Kier alpha value is -4.40. The predicted molar refractivity (Wildman–Crippen MR) is 116 cm³/mol. The average molecular weight is 396 g/mol. The van der Waals surface area contributed by atoms with E-state index in [0.29, 0.717) is 17.2 Å². The Morgan fingerprint density at radius 3 is 3.00 bits per heavy atom. The molecule has 0 atom stereocenters. The summed E-state index contributed by atoms with van der Waals surface area (Å²) in [5, 5.41) is 8.25.